The molecular weight excluding hydrogens is 234 g/mol. The number of thioether (sulfide) groups is 1. The number of hydrogen-bond acceptors (Lipinski definition) is 3. The Morgan fingerprint density at radius 3 is 2.94 bits per heavy atom. The highest BCUT2D eigenvalue weighted by Crippen LogP contribution is 2.10. The van der Waals surface area contributed by atoms with Gasteiger partial charge in [0, 0.05) is 26.7 Å². The summed E-state index contributed by atoms with van der Waals surface area (Å²) in [5, 5.41) is 6.64. The van der Waals surface area contributed by atoms with Gasteiger partial charge in [0.2, 0.25) is 0 Å². The summed E-state index contributed by atoms with van der Waals surface area (Å²) in [6, 6.07) is 0. The number of rotatable bonds is 7. The highest BCUT2D eigenvalue weighted by Gasteiger charge is 2.15. The molecule has 100 valence electrons. The number of nitrogens with one attached hydrogen (secondary N) is 2. The molecule has 0 spiro atoms. The second-order valence-electron chi connectivity index (χ2n) is 4.21. The summed E-state index contributed by atoms with van der Waals surface area (Å²) < 4.78 is 5.56. The van der Waals surface area contributed by atoms with Gasteiger partial charge in [-0.25, -0.2) is 0 Å². The first-order valence-corrected chi connectivity index (χ1v) is 7.81. The minimum Gasteiger partial charge on any atom is -0.376 e. The fourth-order valence-electron chi connectivity index (χ4n) is 1.81. The Morgan fingerprint density at radius 1 is 1.41 bits per heavy atom. The Hall–Kier alpha value is -0.420. The van der Waals surface area contributed by atoms with Crippen molar-refractivity contribution in [2.24, 2.45) is 4.99 Å². The van der Waals surface area contributed by atoms with E-state index in [0.717, 1.165) is 32.1 Å². The van der Waals surface area contributed by atoms with Crippen LogP contribution in [0.4, 0.5) is 0 Å². The molecule has 0 aromatic heterocycles. The lowest BCUT2D eigenvalue weighted by atomic mass is 10.2. The van der Waals surface area contributed by atoms with Crippen molar-refractivity contribution >= 4 is 17.7 Å². The molecule has 1 rings (SSSR count). The SMILES string of the molecule is CN=C(NCCCCSC)NCC1CCCO1. The van der Waals surface area contributed by atoms with E-state index in [1.807, 2.05) is 18.8 Å². The number of aliphatic imine (C=N–C) groups is 1. The van der Waals surface area contributed by atoms with Crippen molar-refractivity contribution in [2.45, 2.75) is 31.8 Å². The van der Waals surface area contributed by atoms with Gasteiger partial charge in [-0.15, -0.1) is 0 Å². The summed E-state index contributed by atoms with van der Waals surface area (Å²) >= 11 is 1.90. The number of guanidine groups is 1. The minimum atomic E-state index is 0.366. The molecule has 5 heteroatoms. The van der Waals surface area contributed by atoms with E-state index in [-0.39, 0.29) is 0 Å². The molecule has 4 nitrogen and oxygen atoms in total. The lowest BCUT2D eigenvalue weighted by Crippen LogP contribution is -2.41. The van der Waals surface area contributed by atoms with Crippen LogP contribution < -0.4 is 10.6 Å². The van der Waals surface area contributed by atoms with Crippen LogP contribution in [0.1, 0.15) is 25.7 Å². The van der Waals surface area contributed by atoms with Gasteiger partial charge in [0.25, 0.3) is 0 Å². The molecular formula is C12H25N3OS. The maximum atomic E-state index is 5.56. The predicted octanol–water partition coefficient (Wildman–Crippen LogP) is 1.47. The zero-order valence-electron chi connectivity index (χ0n) is 11.0. The van der Waals surface area contributed by atoms with Crippen LogP contribution in [0.5, 0.6) is 0 Å². The van der Waals surface area contributed by atoms with Crippen LogP contribution in [-0.4, -0.2) is 50.8 Å². The summed E-state index contributed by atoms with van der Waals surface area (Å²) in [6.07, 6.45) is 7.32. The van der Waals surface area contributed by atoms with Gasteiger partial charge in [-0.3, -0.25) is 4.99 Å². The standard InChI is InChI=1S/C12H25N3OS/c1-13-12(14-7-3-4-9-17-2)15-10-11-6-5-8-16-11/h11H,3-10H2,1-2H3,(H2,13,14,15). The van der Waals surface area contributed by atoms with Gasteiger partial charge in [0.15, 0.2) is 5.96 Å². The van der Waals surface area contributed by atoms with Crippen molar-refractivity contribution in [3.63, 3.8) is 0 Å². The molecule has 2 N–H and O–H groups in total. The molecule has 0 bridgehead atoms. The molecule has 1 fully saturated rings. The summed E-state index contributed by atoms with van der Waals surface area (Å²) in [5.41, 5.74) is 0. The molecule has 1 saturated heterocycles. The van der Waals surface area contributed by atoms with E-state index in [0.29, 0.717) is 6.10 Å². The van der Waals surface area contributed by atoms with E-state index in [2.05, 4.69) is 21.9 Å². The van der Waals surface area contributed by atoms with E-state index in [1.165, 1.54) is 25.0 Å². The number of nitrogens with zero attached hydrogens (tertiary/aromatic N) is 1. The molecule has 0 amide bonds. The van der Waals surface area contributed by atoms with Crippen LogP contribution in [0.15, 0.2) is 4.99 Å². The van der Waals surface area contributed by atoms with Crippen LogP contribution in [0.25, 0.3) is 0 Å². The molecule has 0 radical (unpaired) electrons. The van der Waals surface area contributed by atoms with Crippen molar-refractivity contribution in [1.29, 1.82) is 0 Å². The maximum absolute atomic E-state index is 5.56. The summed E-state index contributed by atoms with van der Waals surface area (Å²) in [7, 11) is 1.81. The Labute approximate surface area is 109 Å². The minimum absolute atomic E-state index is 0.366. The smallest absolute Gasteiger partial charge is 0.191 e. The van der Waals surface area contributed by atoms with Crippen molar-refractivity contribution < 1.29 is 4.74 Å². The molecule has 1 aliphatic heterocycles. The second kappa shape index (κ2) is 9.59. The van der Waals surface area contributed by atoms with Crippen LogP contribution in [0, 0.1) is 0 Å². The average molecular weight is 259 g/mol. The van der Waals surface area contributed by atoms with E-state index in [1.54, 1.807) is 0 Å². The van der Waals surface area contributed by atoms with Gasteiger partial charge in [-0.2, -0.15) is 11.8 Å². The Balaban J connectivity index is 2.03. The topological polar surface area (TPSA) is 45.7 Å². The van der Waals surface area contributed by atoms with Gasteiger partial charge in [0.05, 0.1) is 6.10 Å². The summed E-state index contributed by atoms with van der Waals surface area (Å²) in [5.74, 6) is 2.13. The van der Waals surface area contributed by atoms with Crippen molar-refractivity contribution in [3.05, 3.63) is 0 Å². The van der Waals surface area contributed by atoms with Gasteiger partial charge in [-0.1, -0.05) is 0 Å². The number of hydrogen-bond donors (Lipinski definition) is 2. The molecule has 0 aromatic carbocycles. The average Bonchev–Trinajstić information content (AvgIpc) is 2.86. The molecule has 1 aliphatic rings. The zero-order valence-corrected chi connectivity index (χ0v) is 11.8. The largest absolute Gasteiger partial charge is 0.376 e. The van der Waals surface area contributed by atoms with Gasteiger partial charge < -0.3 is 15.4 Å². The van der Waals surface area contributed by atoms with Crippen molar-refractivity contribution in [1.82, 2.24) is 10.6 Å². The highest BCUT2D eigenvalue weighted by molar-refractivity contribution is 7.98. The van der Waals surface area contributed by atoms with Gasteiger partial charge in [0.1, 0.15) is 0 Å². The van der Waals surface area contributed by atoms with Crippen LogP contribution >= 0.6 is 11.8 Å². The lowest BCUT2D eigenvalue weighted by Gasteiger charge is -2.14. The molecule has 17 heavy (non-hydrogen) atoms. The fourth-order valence-corrected chi connectivity index (χ4v) is 2.31. The Kier molecular flexibility index (Phi) is 8.26. The van der Waals surface area contributed by atoms with Crippen LogP contribution in [-0.2, 0) is 4.74 Å². The van der Waals surface area contributed by atoms with Gasteiger partial charge in [-0.05, 0) is 37.7 Å². The zero-order chi connectivity index (χ0) is 12.3. The Morgan fingerprint density at radius 2 is 2.29 bits per heavy atom. The first kappa shape index (κ1) is 14.6. The van der Waals surface area contributed by atoms with Gasteiger partial charge >= 0.3 is 0 Å². The maximum Gasteiger partial charge on any atom is 0.191 e. The fraction of sp³-hybridized carbons (Fsp3) is 0.917. The monoisotopic (exact) mass is 259 g/mol. The number of unbranched alkanes of at least 4 members (excludes halogenated alkanes) is 1. The first-order chi connectivity index (χ1) is 8.36. The second-order valence-corrected chi connectivity index (χ2v) is 5.20. The van der Waals surface area contributed by atoms with E-state index >= 15 is 0 Å². The van der Waals surface area contributed by atoms with Crippen molar-refractivity contribution in [2.75, 3.05) is 38.8 Å². The molecule has 0 aromatic rings. The van der Waals surface area contributed by atoms with E-state index in [9.17, 15) is 0 Å². The lowest BCUT2D eigenvalue weighted by molar-refractivity contribution is 0.114. The molecule has 1 atom stereocenters. The third kappa shape index (κ3) is 6.78. The normalized spacial score (nSPS) is 20.6. The van der Waals surface area contributed by atoms with E-state index < -0.39 is 0 Å². The molecule has 0 saturated carbocycles. The molecule has 0 aliphatic carbocycles. The first-order valence-electron chi connectivity index (χ1n) is 6.42. The van der Waals surface area contributed by atoms with E-state index in [4.69, 9.17) is 4.74 Å². The summed E-state index contributed by atoms with van der Waals surface area (Å²) in [6.45, 7) is 2.77. The summed E-state index contributed by atoms with van der Waals surface area (Å²) in [4.78, 5) is 4.20. The van der Waals surface area contributed by atoms with Crippen LogP contribution in [0.3, 0.4) is 0 Å². The molecule has 1 unspecified atom stereocenters. The van der Waals surface area contributed by atoms with Crippen molar-refractivity contribution in [3.8, 4) is 0 Å². The predicted molar refractivity (Wildman–Crippen MR) is 76.0 cm³/mol. The quantitative estimate of drug-likeness (QED) is 0.413. The number of ether oxygens (including phenoxy) is 1. The molecule has 1 heterocycles. The third-order valence-electron chi connectivity index (χ3n) is 2.81. The third-order valence-corrected chi connectivity index (χ3v) is 3.51. The van der Waals surface area contributed by atoms with Crippen LogP contribution in [0.2, 0.25) is 0 Å². The highest BCUT2D eigenvalue weighted by atomic mass is 32.2. The Bertz CT molecular complexity index is 218.